The first-order valence-corrected chi connectivity index (χ1v) is 7.74. The molecule has 2 aromatic rings. The molecule has 0 aliphatic rings. The number of anilines is 1. The summed E-state index contributed by atoms with van der Waals surface area (Å²) in [5.74, 6) is 1.71. The van der Waals surface area contributed by atoms with Gasteiger partial charge in [-0.15, -0.1) is 0 Å². The highest BCUT2D eigenvalue weighted by atomic mass is 15.2. The van der Waals surface area contributed by atoms with Crippen molar-refractivity contribution in [3.63, 3.8) is 0 Å². The Morgan fingerprint density at radius 3 is 2.61 bits per heavy atom. The number of rotatable bonds is 6. The largest absolute Gasteiger partial charge is 0.362 e. The van der Waals surface area contributed by atoms with E-state index >= 15 is 0 Å². The zero-order valence-corrected chi connectivity index (χ0v) is 14.0. The van der Waals surface area contributed by atoms with E-state index < -0.39 is 0 Å². The highest BCUT2D eigenvalue weighted by molar-refractivity contribution is 5.79. The molecule has 2 N–H and O–H groups in total. The Kier molecular flexibility index (Phi) is 6.35. The smallest absolute Gasteiger partial charge is 0.191 e. The number of nitrogens with zero attached hydrogens (tertiary/aromatic N) is 4. The first-order valence-electron chi connectivity index (χ1n) is 7.74. The molecule has 2 heterocycles. The molecule has 0 radical (unpaired) electrons. The molecule has 0 spiro atoms. The van der Waals surface area contributed by atoms with Crippen molar-refractivity contribution in [2.45, 2.75) is 20.0 Å². The second kappa shape index (κ2) is 8.73. The van der Waals surface area contributed by atoms with E-state index in [4.69, 9.17) is 0 Å². The fraction of sp³-hybridized carbons (Fsp3) is 0.353. The lowest BCUT2D eigenvalue weighted by Gasteiger charge is -2.15. The molecule has 0 aliphatic heterocycles. The normalized spacial score (nSPS) is 11.2. The highest BCUT2D eigenvalue weighted by Gasteiger charge is 2.05. The molecule has 0 atom stereocenters. The van der Waals surface area contributed by atoms with Crippen LogP contribution in [-0.4, -0.2) is 36.6 Å². The van der Waals surface area contributed by atoms with Gasteiger partial charge in [0.1, 0.15) is 5.82 Å². The number of guanidine groups is 1. The lowest BCUT2D eigenvalue weighted by molar-refractivity contribution is 0.798. The minimum absolute atomic E-state index is 0.568. The summed E-state index contributed by atoms with van der Waals surface area (Å²) in [4.78, 5) is 15.3. The lowest BCUT2D eigenvalue weighted by Crippen LogP contribution is -2.37. The fourth-order valence-corrected chi connectivity index (χ4v) is 2.14. The molecule has 0 bridgehead atoms. The molecule has 0 aromatic carbocycles. The van der Waals surface area contributed by atoms with E-state index in [0.717, 1.165) is 29.6 Å². The van der Waals surface area contributed by atoms with Gasteiger partial charge in [0.25, 0.3) is 0 Å². The number of aliphatic imine (C=N–C) groups is 1. The van der Waals surface area contributed by atoms with Gasteiger partial charge in [-0.3, -0.25) is 4.98 Å². The molecular weight excluding hydrogens is 288 g/mol. The van der Waals surface area contributed by atoms with Crippen molar-refractivity contribution >= 4 is 11.8 Å². The molecule has 6 nitrogen and oxygen atoms in total. The molecular formula is C17H24N6. The van der Waals surface area contributed by atoms with Gasteiger partial charge in [0.2, 0.25) is 0 Å². The van der Waals surface area contributed by atoms with Crippen molar-refractivity contribution in [1.29, 1.82) is 0 Å². The summed E-state index contributed by atoms with van der Waals surface area (Å²) < 4.78 is 0. The molecule has 23 heavy (non-hydrogen) atoms. The van der Waals surface area contributed by atoms with Crippen molar-refractivity contribution in [1.82, 2.24) is 20.6 Å². The zero-order chi connectivity index (χ0) is 16.5. The number of hydrogen-bond donors (Lipinski definition) is 2. The summed E-state index contributed by atoms with van der Waals surface area (Å²) in [5.41, 5.74) is 2.07. The van der Waals surface area contributed by atoms with Crippen LogP contribution in [0.5, 0.6) is 0 Å². The molecule has 0 saturated heterocycles. The summed E-state index contributed by atoms with van der Waals surface area (Å²) in [5, 5.41) is 6.55. The number of nitrogens with one attached hydrogen (secondary N) is 2. The minimum Gasteiger partial charge on any atom is -0.362 e. The summed E-state index contributed by atoms with van der Waals surface area (Å²) in [6, 6.07) is 9.86. The molecule has 0 unspecified atom stereocenters. The molecule has 122 valence electrons. The summed E-state index contributed by atoms with van der Waals surface area (Å²) in [6.45, 7) is 4.06. The monoisotopic (exact) mass is 312 g/mol. The van der Waals surface area contributed by atoms with E-state index in [1.165, 1.54) is 0 Å². The van der Waals surface area contributed by atoms with Gasteiger partial charge >= 0.3 is 0 Å². The maximum atomic E-state index is 4.64. The van der Waals surface area contributed by atoms with Crippen LogP contribution in [0.4, 0.5) is 5.82 Å². The predicted molar refractivity (Wildman–Crippen MR) is 94.5 cm³/mol. The lowest BCUT2D eigenvalue weighted by atomic mass is 10.2. The molecule has 6 heteroatoms. The van der Waals surface area contributed by atoms with E-state index in [9.17, 15) is 0 Å². The van der Waals surface area contributed by atoms with Crippen LogP contribution in [0.2, 0.25) is 0 Å². The topological polar surface area (TPSA) is 65.4 Å². The maximum absolute atomic E-state index is 4.64. The van der Waals surface area contributed by atoms with Crippen LogP contribution in [0.25, 0.3) is 0 Å². The standard InChI is InChI=1S/C17H24N6/c1-4-18-17(22-13-15-9-5-6-10-19-15)21-12-14-8-7-11-20-16(14)23(2)3/h5-11H,4,12-13H2,1-3H3,(H2,18,21,22). The van der Waals surface area contributed by atoms with Gasteiger partial charge in [-0.25, -0.2) is 9.98 Å². The van der Waals surface area contributed by atoms with Crippen LogP contribution in [0.3, 0.4) is 0 Å². The second-order valence-electron chi connectivity index (χ2n) is 5.25. The number of aromatic nitrogens is 2. The van der Waals surface area contributed by atoms with Crippen LogP contribution in [0.15, 0.2) is 47.7 Å². The van der Waals surface area contributed by atoms with E-state index in [2.05, 4.69) is 25.6 Å². The molecule has 2 aromatic heterocycles. The first kappa shape index (κ1) is 16.7. The molecule has 0 saturated carbocycles. The van der Waals surface area contributed by atoms with Crippen molar-refractivity contribution in [3.05, 3.63) is 54.0 Å². The molecule has 2 rings (SSSR count). The SMILES string of the molecule is CCNC(=NCc1cccnc1N(C)C)NCc1ccccn1. The Hall–Kier alpha value is -2.63. The summed E-state index contributed by atoms with van der Waals surface area (Å²) in [6.07, 6.45) is 3.59. The van der Waals surface area contributed by atoms with Crippen LogP contribution >= 0.6 is 0 Å². The van der Waals surface area contributed by atoms with Crippen molar-refractivity contribution in [2.75, 3.05) is 25.5 Å². The first-order chi connectivity index (χ1) is 11.2. The summed E-state index contributed by atoms with van der Waals surface area (Å²) in [7, 11) is 3.97. The van der Waals surface area contributed by atoms with E-state index in [1.54, 1.807) is 12.4 Å². The van der Waals surface area contributed by atoms with Crippen LogP contribution < -0.4 is 15.5 Å². The van der Waals surface area contributed by atoms with E-state index in [0.29, 0.717) is 13.1 Å². The molecule has 0 fully saturated rings. The highest BCUT2D eigenvalue weighted by Crippen LogP contribution is 2.15. The Labute approximate surface area is 137 Å². The third-order valence-corrected chi connectivity index (χ3v) is 3.21. The van der Waals surface area contributed by atoms with Gasteiger partial charge in [0.05, 0.1) is 18.8 Å². The Morgan fingerprint density at radius 2 is 1.91 bits per heavy atom. The zero-order valence-electron chi connectivity index (χ0n) is 14.0. The van der Waals surface area contributed by atoms with Gasteiger partial charge in [-0.1, -0.05) is 12.1 Å². The van der Waals surface area contributed by atoms with Crippen LogP contribution in [0.1, 0.15) is 18.2 Å². The molecule has 0 amide bonds. The van der Waals surface area contributed by atoms with Gasteiger partial charge in [-0.2, -0.15) is 0 Å². The van der Waals surface area contributed by atoms with Crippen molar-refractivity contribution in [2.24, 2.45) is 4.99 Å². The predicted octanol–water partition coefficient (Wildman–Crippen LogP) is 1.80. The quantitative estimate of drug-likeness (QED) is 0.629. The average molecular weight is 312 g/mol. The van der Waals surface area contributed by atoms with E-state index in [-0.39, 0.29) is 0 Å². The maximum Gasteiger partial charge on any atom is 0.191 e. The average Bonchev–Trinajstić information content (AvgIpc) is 2.58. The van der Waals surface area contributed by atoms with Gasteiger partial charge in [0, 0.05) is 38.6 Å². The van der Waals surface area contributed by atoms with Gasteiger partial charge in [-0.05, 0) is 25.1 Å². The second-order valence-corrected chi connectivity index (χ2v) is 5.25. The fourth-order valence-electron chi connectivity index (χ4n) is 2.14. The van der Waals surface area contributed by atoms with Crippen molar-refractivity contribution < 1.29 is 0 Å². The van der Waals surface area contributed by atoms with Gasteiger partial charge in [0.15, 0.2) is 5.96 Å². The van der Waals surface area contributed by atoms with Gasteiger partial charge < -0.3 is 15.5 Å². The number of hydrogen-bond acceptors (Lipinski definition) is 4. The number of pyridine rings is 2. The third kappa shape index (κ3) is 5.25. The van der Waals surface area contributed by atoms with E-state index in [1.807, 2.05) is 56.3 Å². The Bertz CT molecular complexity index is 624. The van der Waals surface area contributed by atoms with Crippen molar-refractivity contribution in [3.8, 4) is 0 Å². The summed E-state index contributed by atoms with van der Waals surface area (Å²) >= 11 is 0. The van der Waals surface area contributed by atoms with Crippen LogP contribution in [0, 0.1) is 0 Å². The minimum atomic E-state index is 0.568. The molecule has 0 aliphatic carbocycles. The Morgan fingerprint density at radius 1 is 1.09 bits per heavy atom. The van der Waals surface area contributed by atoms with Crippen LogP contribution in [-0.2, 0) is 13.1 Å². The third-order valence-electron chi connectivity index (χ3n) is 3.21. The Balaban J connectivity index is 2.04.